The third kappa shape index (κ3) is 1.75. The molecule has 1 heterocycles. The molecule has 0 atom stereocenters. The number of carbonyl (C=O) groups excluding carboxylic acids is 1. The number of benzene rings is 1. The highest BCUT2D eigenvalue weighted by atomic mass is 16.3. The molecule has 2 radical (unpaired) electrons. The summed E-state index contributed by atoms with van der Waals surface area (Å²) in [6, 6.07) is 7.39. The van der Waals surface area contributed by atoms with Crippen LogP contribution < -0.4 is 0 Å². The smallest absolute Gasteiger partial charge is 0.257 e. The molecule has 0 saturated heterocycles. The Morgan fingerprint density at radius 1 is 0.955 bits per heavy atom. The van der Waals surface area contributed by atoms with Crippen molar-refractivity contribution in [2.24, 2.45) is 23.7 Å². The number of fused-ring (bicyclic) bond motifs is 1. The third-order valence-electron chi connectivity index (χ3n) is 6.43. The molecule has 3 nitrogen and oxygen atoms in total. The van der Waals surface area contributed by atoms with Crippen molar-refractivity contribution < 1.29 is 9.90 Å². The molecule has 4 bridgehead atoms. The third-order valence-corrected chi connectivity index (χ3v) is 6.43. The molecule has 22 heavy (non-hydrogen) atoms. The van der Waals surface area contributed by atoms with Crippen LogP contribution in [-0.2, 0) is 0 Å². The molecule has 114 valence electrons. The molecule has 6 rings (SSSR count). The lowest BCUT2D eigenvalue weighted by Gasteiger charge is -2.54. The Balaban J connectivity index is 1.40. The number of hydrogen-bond donors (Lipinski definition) is 1. The van der Waals surface area contributed by atoms with Crippen molar-refractivity contribution in [3.05, 3.63) is 47.5 Å². The maximum atomic E-state index is 12.6. The monoisotopic (exact) mass is 295 g/mol. The number of aliphatic hydroxyl groups excluding tert-OH is 1. The van der Waals surface area contributed by atoms with E-state index in [1.165, 1.54) is 32.1 Å². The molecule has 0 spiro atoms. The van der Waals surface area contributed by atoms with Crippen LogP contribution in [0.5, 0.6) is 0 Å². The van der Waals surface area contributed by atoms with E-state index in [4.69, 9.17) is 0 Å². The molecule has 1 aromatic rings. The van der Waals surface area contributed by atoms with E-state index < -0.39 is 0 Å². The molecule has 0 unspecified atom stereocenters. The number of amides is 1. The number of hydrogen-bond acceptors (Lipinski definition) is 2. The van der Waals surface area contributed by atoms with Crippen molar-refractivity contribution in [2.45, 2.75) is 32.1 Å². The molecule has 1 aromatic carbocycles. The van der Waals surface area contributed by atoms with Gasteiger partial charge in [0.1, 0.15) is 0 Å². The van der Waals surface area contributed by atoms with Crippen LogP contribution >= 0.6 is 0 Å². The van der Waals surface area contributed by atoms with Crippen molar-refractivity contribution in [3.8, 4) is 0 Å². The Labute approximate surface area is 131 Å². The molecule has 3 heteroatoms. The standard InChI is InChI=1S/C19H21NO2/c21-18-15-3-1-2-4-16(15)19(22)20(18)10-17-13-6-11-5-12(8-13)9-14(17)7-11/h1-4,11-14,21H,5-10H2. The van der Waals surface area contributed by atoms with Gasteiger partial charge in [0, 0.05) is 23.6 Å². The van der Waals surface area contributed by atoms with Crippen molar-refractivity contribution in [3.63, 3.8) is 0 Å². The molecule has 1 amide bonds. The summed E-state index contributed by atoms with van der Waals surface area (Å²) < 4.78 is 0. The molecule has 4 aliphatic carbocycles. The van der Waals surface area contributed by atoms with Gasteiger partial charge in [0.05, 0.1) is 0 Å². The van der Waals surface area contributed by atoms with Crippen LogP contribution in [0.25, 0.3) is 0 Å². The van der Waals surface area contributed by atoms with Gasteiger partial charge in [-0.1, -0.05) is 18.2 Å². The Morgan fingerprint density at radius 2 is 1.55 bits per heavy atom. The van der Waals surface area contributed by atoms with Gasteiger partial charge in [0.15, 0.2) is 0 Å². The van der Waals surface area contributed by atoms with E-state index in [1.54, 1.807) is 10.8 Å². The van der Waals surface area contributed by atoms with Gasteiger partial charge in [0.25, 0.3) is 5.91 Å². The molecular formula is C19H21NO2. The largest absolute Gasteiger partial charge is 0.363 e. The quantitative estimate of drug-likeness (QED) is 0.908. The van der Waals surface area contributed by atoms with E-state index >= 15 is 0 Å². The minimum absolute atomic E-state index is 0.0330. The normalized spacial score (nSPS) is 37.1. The zero-order valence-electron chi connectivity index (χ0n) is 12.7. The lowest BCUT2D eigenvalue weighted by Crippen LogP contribution is -2.48. The van der Waals surface area contributed by atoms with Crippen LogP contribution in [0.1, 0.15) is 48.0 Å². The second kappa shape index (κ2) is 4.58. The van der Waals surface area contributed by atoms with Gasteiger partial charge in [-0.25, -0.2) is 0 Å². The van der Waals surface area contributed by atoms with Gasteiger partial charge in [-0.05, 0) is 61.8 Å². The van der Waals surface area contributed by atoms with E-state index in [0.717, 1.165) is 11.8 Å². The number of carbonyl (C=O) groups is 1. The summed E-state index contributed by atoms with van der Waals surface area (Å²) in [5.74, 6) is 4.75. The molecule has 1 aliphatic heterocycles. The predicted molar refractivity (Wildman–Crippen MR) is 82.0 cm³/mol. The van der Waals surface area contributed by atoms with E-state index in [1.807, 2.05) is 24.3 Å². The van der Waals surface area contributed by atoms with Crippen LogP contribution in [0.4, 0.5) is 0 Å². The van der Waals surface area contributed by atoms with Crippen molar-refractivity contribution >= 4 is 5.91 Å². The fourth-order valence-electron chi connectivity index (χ4n) is 5.63. The van der Waals surface area contributed by atoms with Crippen LogP contribution in [-0.4, -0.2) is 22.5 Å². The minimum Gasteiger partial charge on any atom is -0.363 e. The molecule has 0 aromatic heterocycles. The first-order chi connectivity index (χ1) is 10.7. The number of aliphatic hydroxyl groups is 1. The topological polar surface area (TPSA) is 40.5 Å². The summed E-state index contributed by atoms with van der Waals surface area (Å²) in [6.07, 6.45) is 6.86. The van der Waals surface area contributed by atoms with Gasteiger partial charge in [-0.2, -0.15) is 0 Å². The Bertz CT molecular complexity index is 598. The van der Waals surface area contributed by atoms with Crippen molar-refractivity contribution in [1.82, 2.24) is 4.90 Å². The first-order valence-corrected chi connectivity index (χ1v) is 8.53. The van der Waals surface area contributed by atoms with Gasteiger partial charge in [-0.15, -0.1) is 0 Å². The zero-order chi connectivity index (χ0) is 14.8. The average molecular weight is 295 g/mol. The fourth-order valence-corrected chi connectivity index (χ4v) is 5.63. The summed E-state index contributed by atoms with van der Waals surface area (Å²) in [7, 11) is 0. The molecule has 1 N–H and O–H groups in total. The zero-order valence-corrected chi connectivity index (χ0v) is 12.7. The first kappa shape index (κ1) is 13.1. The Hall–Kier alpha value is -1.35. The second-order valence-electron chi connectivity index (χ2n) is 7.64. The van der Waals surface area contributed by atoms with Crippen molar-refractivity contribution in [2.75, 3.05) is 6.54 Å². The molecule has 4 fully saturated rings. The van der Waals surface area contributed by atoms with E-state index in [-0.39, 0.29) is 12.1 Å². The van der Waals surface area contributed by atoms with Gasteiger partial charge in [-0.3, -0.25) is 4.79 Å². The Morgan fingerprint density at radius 3 is 2.14 bits per heavy atom. The molecule has 4 saturated carbocycles. The second-order valence-corrected chi connectivity index (χ2v) is 7.64. The molecular weight excluding hydrogens is 274 g/mol. The lowest BCUT2D eigenvalue weighted by atomic mass is 9.52. The summed E-state index contributed by atoms with van der Waals surface area (Å²) in [4.78, 5) is 14.2. The van der Waals surface area contributed by atoms with Gasteiger partial charge >= 0.3 is 0 Å². The summed E-state index contributed by atoms with van der Waals surface area (Å²) in [5.41, 5.74) is 1.33. The predicted octanol–water partition coefficient (Wildman–Crippen LogP) is 3.38. The van der Waals surface area contributed by atoms with E-state index in [9.17, 15) is 9.90 Å². The SMILES string of the molecule is O=C1c2ccccc2[C](O)N1C[C]1C2CC3CC(C2)CC1C3. The lowest BCUT2D eigenvalue weighted by molar-refractivity contribution is 0.0243. The first-order valence-electron chi connectivity index (χ1n) is 8.53. The highest BCUT2D eigenvalue weighted by molar-refractivity contribution is 6.01. The molecule has 5 aliphatic rings. The van der Waals surface area contributed by atoms with E-state index in [0.29, 0.717) is 29.5 Å². The maximum Gasteiger partial charge on any atom is 0.257 e. The number of rotatable bonds is 2. The summed E-state index contributed by atoms with van der Waals surface area (Å²) >= 11 is 0. The highest BCUT2D eigenvalue weighted by Gasteiger charge is 2.50. The highest BCUT2D eigenvalue weighted by Crippen LogP contribution is 2.58. The van der Waals surface area contributed by atoms with Gasteiger partial charge < -0.3 is 10.0 Å². The van der Waals surface area contributed by atoms with Gasteiger partial charge in [0.2, 0.25) is 6.23 Å². The van der Waals surface area contributed by atoms with Crippen LogP contribution in [0, 0.1) is 35.8 Å². The van der Waals surface area contributed by atoms with Crippen LogP contribution in [0.2, 0.25) is 0 Å². The minimum atomic E-state index is -0.0330. The average Bonchev–Trinajstić information content (AvgIpc) is 2.75. The van der Waals surface area contributed by atoms with Crippen LogP contribution in [0.15, 0.2) is 24.3 Å². The summed E-state index contributed by atoms with van der Waals surface area (Å²) in [6.45, 7) is 0.633. The van der Waals surface area contributed by atoms with Crippen LogP contribution in [0.3, 0.4) is 0 Å². The number of nitrogens with zero attached hydrogens (tertiary/aromatic N) is 1. The fraction of sp³-hybridized carbons (Fsp3) is 0.526. The summed E-state index contributed by atoms with van der Waals surface area (Å²) in [5, 5.41) is 10.5. The van der Waals surface area contributed by atoms with Crippen molar-refractivity contribution in [1.29, 1.82) is 0 Å². The van der Waals surface area contributed by atoms with E-state index in [2.05, 4.69) is 0 Å². The maximum absolute atomic E-state index is 12.6. The Kier molecular flexibility index (Phi) is 2.73.